The molecule has 1 aromatic carbocycles. The standard InChI is InChI=1S/C18H25ClFN3O4/c1-17(2,3)26-15(24)22-14(23-16(25)27-18(4,5)6)21-10-11-7-8-13(20)12(19)9-11/h7-9H,10H2,1-6H3,(H2,21,22,23,24,25). The van der Waals surface area contributed by atoms with E-state index < -0.39 is 29.2 Å². The Morgan fingerprint density at radius 2 is 1.52 bits per heavy atom. The number of alkyl carbamates (subject to hydrolysis) is 2. The molecule has 0 unspecified atom stereocenters. The number of aliphatic imine (C=N–C) groups is 1. The van der Waals surface area contributed by atoms with Crippen LogP contribution in [-0.4, -0.2) is 29.3 Å². The number of benzene rings is 1. The van der Waals surface area contributed by atoms with E-state index in [4.69, 9.17) is 21.1 Å². The fraction of sp³-hybridized carbons (Fsp3) is 0.500. The maximum Gasteiger partial charge on any atom is 0.414 e. The monoisotopic (exact) mass is 401 g/mol. The van der Waals surface area contributed by atoms with Crippen LogP contribution in [0.15, 0.2) is 23.2 Å². The molecular formula is C18H25ClFN3O4. The van der Waals surface area contributed by atoms with E-state index in [9.17, 15) is 14.0 Å². The summed E-state index contributed by atoms with van der Waals surface area (Å²) in [6, 6.07) is 4.09. The Morgan fingerprint density at radius 3 is 1.93 bits per heavy atom. The average molecular weight is 402 g/mol. The van der Waals surface area contributed by atoms with Crippen molar-refractivity contribution in [2.75, 3.05) is 0 Å². The minimum atomic E-state index is -0.797. The Kier molecular flexibility index (Phi) is 7.59. The Labute approximate surface area is 163 Å². The molecule has 2 amide bonds. The fourth-order valence-corrected chi connectivity index (χ4v) is 1.92. The second kappa shape index (κ2) is 9.03. The van der Waals surface area contributed by atoms with Crippen LogP contribution in [0.25, 0.3) is 0 Å². The Hall–Kier alpha value is -2.35. The zero-order valence-corrected chi connectivity index (χ0v) is 17.0. The first-order chi connectivity index (χ1) is 12.2. The van der Waals surface area contributed by atoms with Crippen molar-refractivity contribution in [3.05, 3.63) is 34.6 Å². The van der Waals surface area contributed by atoms with Gasteiger partial charge in [-0.2, -0.15) is 0 Å². The molecule has 9 heteroatoms. The van der Waals surface area contributed by atoms with Crippen molar-refractivity contribution in [2.45, 2.75) is 59.3 Å². The maximum atomic E-state index is 13.2. The van der Waals surface area contributed by atoms with E-state index in [1.807, 2.05) is 0 Å². The van der Waals surface area contributed by atoms with Gasteiger partial charge in [0.15, 0.2) is 0 Å². The summed E-state index contributed by atoms with van der Waals surface area (Å²) < 4.78 is 23.5. The van der Waals surface area contributed by atoms with E-state index in [1.165, 1.54) is 18.2 Å². The molecule has 0 aliphatic heterocycles. The molecule has 0 radical (unpaired) electrons. The number of nitrogens with zero attached hydrogens (tertiary/aromatic N) is 1. The molecule has 0 saturated carbocycles. The van der Waals surface area contributed by atoms with E-state index in [2.05, 4.69) is 15.6 Å². The molecule has 0 aliphatic carbocycles. The molecule has 0 aliphatic rings. The summed E-state index contributed by atoms with van der Waals surface area (Å²) in [5.74, 6) is -0.720. The van der Waals surface area contributed by atoms with Gasteiger partial charge in [-0.05, 0) is 59.2 Å². The average Bonchev–Trinajstić information content (AvgIpc) is 2.44. The Morgan fingerprint density at radius 1 is 1.04 bits per heavy atom. The number of hydrogen-bond acceptors (Lipinski definition) is 5. The summed E-state index contributed by atoms with van der Waals surface area (Å²) in [7, 11) is 0. The van der Waals surface area contributed by atoms with Gasteiger partial charge in [0, 0.05) is 0 Å². The zero-order chi connectivity index (χ0) is 20.8. The van der Waals surface area contributed by atoms with Gasteiger partial charge in [0.25, 0.3) is 0 Å². The third-order valence-corrected chi connectivity index (χ3v) is 2.93. The fourth-order valence-electron chi connectivity index (χ4n) is 1.72. The summed E-state index contributed by atoms with van der Waals surface area (Å²) in [4.78, 5) is 28.1. The predicted octanol–water partition coefficient (Wildman–Crippen LogP) is 4.38. The van der Waals surface area contributed by atoms with Gasteiger partial charge in [0.2, 0.25) is 5.96 Å². The highest BCUT2D eigenvalue weighted by Crippen LogP contribution is 2.16. The molecule has 7 nitrogen and oxygen atoms in total. The van der Waals surface area contributed by atoms with Crippen molar-refractivity contribution in [2.24, 2.45) is 4.99 Å². The molecule has 0 bridgehead atoms. The number of halogens is 2. The third kappa shape index (κ3) is 9.79. The maximum absolute atomic E-state index is 13.2. The lowest BCUT2D eigenvalue weighted by atomic mass is 10.2. The van der Waals surface area contributed by atoms with Crippen molar-refractivity contribution >= 4 is 29.7 Å². The topological polar surface area (TPSA) is 89.0 Å². The second-order valence-electron chi connectivity index (χ2n) is 7.67. The van der Waals surface area contributed by atoms with Crippen LogP contribution in [0.2, 0.25) is 5.02 Å². The van der Waals surface area contributed by atoms with Gasteiger partial charge in [0.05, 0.1) is 11.6 Å². The first kappa shape index (κ1) is 22.7. The van der Waals surface area contributed by atoms with Gasteiger partial charge in [-0.1, -0.05) is 17.7 Å². The first-order valence-electron chi connectivity index (χ1n) is 8.23. The SMILES string of the molecule is CC(C)(C)OC(=O)NC(=NCc1ccc(F)c(Cl)c1)NC(=O)OC(C)(C)C. The molecule has 1 aromatic rings. The Bertz CT molecular complexity index is 692. The first-order valence-corrected chi connectivity index (χ1v) is 8.61. The normalized spacial score (nSPS) is 11.4. The molecule has 0 heterocycles. The van der Waals surface area contributed by atoms with Crippen molar-refractivity contribution in [1.82, 2.24) is 10.6 Å². The van der Waals surface area contributed by atoms with Crippen LogP contribution in [-0.2, 0) is 16.0 Å². The number of hydrogen-bond donors (Lipinski definition) is 2. The molecule has 27 heavy (non-hydrogen) atoms. The van der Waals surface area contributed by atoms with Crippen molar-refractivity contribution in [3.63, 3.8) is 0 Å². The highest BCUT2D eigenvalue weighted by Gasteiger charge is 2.21. The van der Waals surface area contributed by atoms with Gasteiger partial charge in [0.1, 0.15) is 17.0 Å². The minimum Gasteiger partial charge on any atom is -0.444 e. The zero-order valence-electron chi connectivity index (χ0n) is 16.3. The van der Waals surface area contributed by atoms with Crippen molar-refractivity contribution in [3.8, 4) is 0 Å². The lowest BCUT2D eigenvalue weighted by Crippen LogP contribution is -2.47. The second-order valence-corrected chi connectivity index (χ2v) is 8.07. The summed E-state index contributed by atoms with van der Waals surface area (Å²) in [5, 5.41) is 4.66. The molecule has 1 rings (SSSR count). The van der Waals surface area contributed by atoms with Crippen molar-refractivity contribution < 1.29 is 23.5 Å². The van der Waals surface area contributed by atoms with Crippen LogP contribution >= 0.6 is 11.6 Å². The number of nitrogens with one attached hydrogen (secondary N) is 2. The van der Waals surface area contributed by atoms with Crippen LogP contribution in [0, 0.1) is 5.82 Å². The van der Waals surface area contributed by atoms with E-state index in [0.29, 0.717) is 5.56 Å². The van der Waals surface area contributed by atoms with Crippen LogP contribution in [0.4, 0.5) is 14.0 Å². The van der Waals surface area contributed by atoms with Crippen LogP contribution in [0.3, 0.4) is 0 Å². The van der Waals surface area contributed by atoms with E-state index in [1.54, 1.807) is 41.5 Å². The van der Waals surface area contributed by atoms with E-state index in [0.717, 1.165) is 0 Å². The summed E-state index contributed by atoms with van der Waals surface area (Å²) in [6.07, 6.45) is -1.59. The Balaban J connectivity index is 2.92. The third-order valence-electron chi connectivity index (χ3n) is 2.64. The van der Waals surface area contributed by atoms with E-state index in [-0.39, 0.29) is 17.5 Å². The predicted molar refractivity (Wildman–Crippen MR) is 101 cm³/mol. The molecule has 0 saturated heterocycles. The van der Waals surface area contributed by atoms with Crippen LogP contribution in [0.1, 0.15) is 47.1 Å². The highest BCUT2D eigenvalue weighted by molar-refractivity contribution is 6.30. The number of rotatable bonds is 2. The number of carbonyl (C=O) groups is 2. The van der Waals surface area contributed by atoms with Gasteiger partial charge < -0.3 is 9.47 Å². The van der Waals surface area contributed by atoms with Gasteiger partial charge in [-0.25, -0.2) is 19.0 Å². The summed E-state index contributed by atoms with van der Waals surface area (Å²) in [5.41, 5.74) is -0.882. The number of ether oxygens (including phenoxy) is 2. The lowest BCUT2D eigenvalue weighted by Gasteiger charge is -2.22. The molecule has 0 fully saturated rings. The number of guanidine groups is 1. The minimum absolute atomic E-state index is 0.0287. The van der Waals surface area contributed by atoms with Gasteiger partial charge >= 0.3 is 12.2 Å². The summed E-state index contributed by atoms with van der Waals surface area (Å²) in [6.45, 7) is 10.2. The van der Waals surface area contributed by atoms with Crippen LogP contribution in [0.5, 0.6) is 0 Å². The quantitative estimate of drug-likeness (QED) is 0.568. The van der Waals surface area contributed by atoms with Crippen LogP contribution < -0.4 is 10.6 Å². The van der Waals surface area contributed by atoms with Gasteiger partial charge in [-0.3, -0.25) is 10.6 Å². The number of amides is 2. The summed E-state index contributed by atoms with van der Waals surface area (Å²) >= 11 is 5.74. The largest absolute Gasteiger partial charge is 0.444 e. The molecule has 0 spiro atoms. The molecule has 2 N–H and O–H groups in total. The molecule has 150 valence electrons. The molecule has 0 aromatic heterocycles. The lowest BCUT2D eigenvalue weighted by molar-refractivity contribution is 0.0545. The van der Waals surface area contributed by atoms with E-state index >= 15 is 0 Å². The van der Waals surface area contributed by atoms with Gasteiger partial charge in [-0.15, -0.1) is 0 Å². The number of carbonyl (C=O) groups excluding carboxylic acids is 2. The molecular weight excluding hydrogens is 377 g/mol. The van der Waals surface area contributed by atoms with Crippen molar-refractivity contribution in [1.29, 1.82) is 0 Å². The smallest absolute Gasteiger partial charge is 0.414 e. The highest BCUT2D eigenvalue weighted by atomic mass is 35.5. The molecule has 0 atom stereocenters.